The van der Waals surface area contributed by atoms with Gasteiger partial charge < -0.3 is 10.2 Å². The molecular formula is C19H14F3N5O2. The number of anilines is 4. The molecule has 0 fully saturated rings. The van der Waals surface area contributed by atoms with Crippen LogP contribution in [0.1, 0.15) is 11.1 Å². The van der Waals surface area contributed by atoms with Gasteiger partial charge in [0.15, 0.2) is 0 Å². The molecule has 1 aliphatic rings. The third kappa shape index (κ3) is 3.44. The first-order chi connectivity index (χ1) is 13.9. The average molecular weight is 401 g/mol. The number of nitrogens with one attached hydrogen (secondary N) is 1. The second kappa shape index (κ2) is 7.04. The van der Waals surface area contributed by atoms with E-state index in [9.17, 15) is 23.3 Å². The molecule has 0 saturated heterocycles. The van der Waals surface area contributed by atoms with Crippen LogP contribution in [0, 0.1) is 10.1 Å². The average Bonchev–Trinajstić information content (AvgIpc) is 3.11. The smallest absolute Gasteiger partial charge is 0.334 e. The molecule has 4 rings (SSSR count). The van der Waals surface area contributed by atoms with Gasteiger partial charge >= 0.3 is 11.9 Å². The Hall–Kier alpha value is -3.69. The molecule has 29 heavy (non-hydrogen) atoms. The predicted octanol–water partition coefficient (Wildman–Crippen LogP) is 4.84. The van der Waals surface area contributed by atoms with Gasteiger partial charge in [0.05, 0.1) is 16.2 Å². The lowest BCUT2D eigenvalue weighted by atomic mass is 10.1. The zero-order valence-corrected chi connectivity index (χ0v) is 14.8. The monoisotopic (exact) mass is 401 g/mol. The van der Waals surface area contributed by atoms with E-state index in [0.717, 1.165) is 23.6 Å². The fourth-order valence-corrected chi connectivity index (χ4v) is 3.35. The van der Waals surface area contributed by atoms with E-state index in [1.165, 1.54) is 18.2 Å². The Balaban J connectivity index is 1.80. The molecule has 10 heteroatoms. The van der Waals surface area contributed by atoms with Crippen molar-refractivity contribution in [2.45, 2.75) is 12.6 Å². The summed E-state index contributed by atoms with van der Waals surface area (Å²) in [6, 6.07) is 12.2. The van der Waals surface area contributed by atoms with Crippen LogP contribution >= 0.6 is 0 Å². The minimum Gasteiger partial charge on any atom is -0.334 e. The standard InChI is InChI=1S/C19H14F3N5O2/c20-19(21,22)13-6-2-3-7-14(13)25-17-16(27(28)29)18(24-11-23-17)26-10-9-12-5-1-4-8-15(12)26/h1-8,11H,9-10H2,(H,23,24,25). The fraction of sp³-hybridized carbons (Fsp3) is 0.158. The van der Waals surface area contributed by atoms with Crippen molar-refractivity contribution >= 4 is 28.7 Å². The quantitative estimate of drug-likeness (QED) is 0.497. The van der Waals surface area contributed by atoms with Gasteiger partial charge in [-0.25, -0.2) is 9.97 Å². The Morgan fingerprint density at radius 3 is 2.55 bits per heavy atom. The number of nitrogens with zero attached hydrogens (tertiary/aromatic N) is 4. The summed E-state index contributed by atoms with van der Waals surface area (Å²) >= 11 is 0. The zero-order chi connectivity index (χ0) is 20.6. The molecule has 0 spiro atoms. The largest absolute Gasteiger partial charge is 0.418 e. The van der Waals surface area contributed by atoms with Gasteiger partial charge in [-0.15, -0.1) is 0 Å². The summed E-state index contributed by atoms with van der Waals surface area (Å²) in [6.07, 6.45) is -2.85. The van der Waals surface area contributed by atoms with Crippen molar-refractivity contribution in [1.82, 2.24) is 9.97 Å². The summed E-state index contributed by atoms with van der Waals surface area (Å²) in [7, 11) is 0. The Morgan fingerprint density at radius 2 is 1.79 bits per heavy atom. The fourth-order valence-electron chi connectivity index (χ4n) is 3.35. The summed E-state index contributed by atoms with van der Waals surface area (Å²) in [4.78, 5) is 20.7. The molecule has 1 aliphatic heterocycles. The van der Waals surface area contributed by atoms with Crippen LogP contribution in [0.5, 0.6) is 0 Å². The molecule has 0 amide bonds. The van der Waals surface area contributed by atoms with Gasteiger partial charge in [0.25, 0.3) is 0 Å². The molecule has 0 atom stereocenters. The van der Waals surface area contributed by atoms with Crippen molar-refractivity contribution in [3.8, 4) is 0 Å². The highest BCUT2D eigenvalue weighted by molar-refractivity contribution is 5.80. The third-order valence-electron chi connectivity index (χ3n) is 4.61. The second-order valence-corrected chi connectivity index (χ2v) is 6.35. The molecule has 2 heterocycles. The Morgan fingerprint density at radius 1 is 1.07 bits per heavy atom. The maximum atomic E-state index is 13.3. The van der Waals surface area contributed by atoms with Crippen LogP contribution in [0.15, 0.2) is 54.9 Å². The number of halogens is 3. The zero-order valence-electron chi connectivity index (χ0n) is 14.8. The summed E-state index contributed by atoms with van der Waals surface area (Å²) < 4.78 is 39.9. The number of benzene rings is 2. The molecule has 1 aromatic heterocycles. The topological polar surface area (TPSA) is 84.2 Å². The van der Waals surface area contributed by atoms with Crippen LogP contribution in [-0.4, -0.2) is 21.4 Å². The molecule has 0 aliphatic carbocycles. The van der Waals surface area contributed by atoms with Gasteiger partial charge in [0, 0.05) is 12.2 Å². The number of nitro groups is 1. The Kier molecular flexibility index (Phi) is 4.53. The maximum Gasteiger partial charge on any atom is 0.418 e. The van der Waals surface area contributed by atoms with E-state index in [4.69, 9.17) is 0 Å². The minimum absolute atomic E-state index is 0.0296. The molecule has 2 aromatic carbocycles. The van der Waals surface area contributed by atoms with Gasteiger partial charge in [0.2, 0.25) is 11.6 Å². The van der Waals surface area contributed by atoms with Gasteiger partial charge in [-0.1, -0.05) is 30.3 Å². The van der Waals surface area contributed by atoms with Crippen LogP contribution in [-0.2, 0) is 12.6 Å². The van der Waals surface area contributed by atoms with Gasteiger partial charge in [0.1, 0.15) is 6.33 Å². The van der Waals surface area contributed by atoms with E-state index in [2.05, 4.69) is 15.3 Å². The van der Waals surface area contributed by atoms with Crippen LogP contribution in [0.3, 0.4) is 0 Å². The lowest BCUT2D eigenvalue weighted by Crippen LogP contribution is -2.18. The Bertz CT molecular complexity index is 1090. The molecule has 0 saturated carbocycles. The van der Waals surface area contributed by atoms with Gasteiger partial charge in [-0.05, 0) is 30.2 Å². The highest BCUT2D eigenvalue weighted by atomic mass is 19.4. The summed E-state index contributed by atoms with van der Waals surface area (Å²) in [6.45, 7) is 0.468. The van der Waals surface area contributed by atoms with E-state index in [1.54, 1.807) is 4.90 Å². The number of fused-ring (bicyclic) bond motifs is 1. The van der Waals surface area contributed by atoms with Crippen molar-refractivity contribution in [1.29, 1.82) is 0 Å². The first-order valence-electron chi connectivity index (χ1n) is 8.64. The predicted molar refractivity (Wildman–Crippen MR) is 101 cm³/mol. The maximum absolute atomic E-state index is 13.3. The van der Waals surface area contributed by atoms with E-state index in [1.807, 2.05) is 24.3 Å². The second-order valence-electron chi connectivity index (χ2n) is 6.35. The van der Waals surface area contributed by atoms with Crippen molar-refractivity contribution in [2.24, 2.45) is 0 Å². The van der Waals surface area contributed by atoms with Crippen molar-refractivity contribution in [3.63, 3.8) is 0 Å². The molecule has 3 aromatic rings. The lowest BCUT2D eigenvalue weighted by molar-refractivity contribution is -0.383. The van der Waals surface area contributed by atoms with Crippen molar-refractivity contribution in [3.05, 3.63) is 76.1 Å². The van der Waals surface area contributed by atoms with Crippen LogP contribution in [0.4, 0.5) is 41.9 Å². The number of hydrogen-bond acceptors (Lipinski definition) is 6. The number of hydrogen-bond donors (Lipinski definition) is 1. The first kappa shape index (κ1) is 18.7. The number of rotatable bonds is 4. The molecule has 7 nitrogen and oxygen atoms in total. The number of para-hydroxylation sites is 2. The van der Waals surface area contributed by atoms with E-state index in [0.29, 0.717) is 13.0 Å². The van der Waals surface area contributed by atoms with Gasteiger partial charge in [-0.2, -0.15) is 13.2 Å². The van der Waals surface area contributed by atoms with Crippen molar-refractivity contribution in [2.75, 3.05) is 16.8 Å². The highest BCUT2D eigenvalue weighted by Crippen LogP contribution is 2.42. The number of aromatic nitrogens is 2. The van der Waals surface area contributed by atoms with Crippen molar-refractivity contribution < 1.29 is 18.1 Å². The van der Waals surface area contributed by atoms with Gasteiger partial charge in [-0.3, -0.25) is 10.1 Å². The lowest BCUT2D eigenvalue weighted by Gasteiger charge is -2.19. The van der Waals surface area contributed by atoms with E-state index >= 15 is 0 Å². The SMILES string of the molecule is O=[N+]([O-])c1c(Nc2ccccc2C(F)(F)F)ncnc1N1CCc2ccccc21. The Labute approximate surface area is 163 Å². The number of alkyl halides is 3. The summed E-state index contributed by atoms with van der Waals surface area (Å²) in [5.74, 6) is -0.275. The minimum atomic E-state index is -4.62. The molecule has 148 valence electrons. The molecular weight excluding hydrogens is 387 g/mol. The van der Waals surface area contributed by atoms with E-state index < -0.39 is 22.4 Å². The molecule has 0 bridgehead atoms. The molecule has 0 radical (unpaired) electrons. The molecule has 1 N–H and O–H groups in total. The summed E-state index contributed by atoms with van der Waals surface area (Å²) in [5, 5.41) is 14.3. The normalized spacial score (nSPS) is 13.3. The molecule has 0 unspecified atom stereocenters. The summed E-state index contributed by atoms with van der Waals surface area (Å²) in [5.41, 5.74) is 0.0324. The third-order valence-corrected chi connectivity index (χ3v) is 4.61. The van der Waals surface area contributed by atoms with Crippen LogP contribution < -0.4 is 10.2 Å². The van der Waals surface area contributed by atoms with Crippen LogP contribution in [0.25, 0.3) is 0 Å². The van der Waals surface area contributed by atoms with Crippen LogP contribution in [0.2, 0.25) is 0 Å². The highest BCUT2D eigenvalue weighted by Gasteiger charge is 2.35. The first-order valence-corrected chi connectivity index (χ1v) is 8.64. The van der Waals surface area contributed by atoms with E-state index in [-0.39, 0.29) is 17.3 Å².